The third-order valence-corrected chi connectivity index (χ3v) is 3.11. The van der Waals surface area contributed by atoms with Crippen LogP contribution in [0.4, 0.5) is 0 Å². The summed E-state index contributed by atoms with van der Waals surface area (Å²) < 4.78 is 0. The van der Waals surface area contributed by atoms with Crippen LogP contribution in [-0.4, -0.2) is 35.7 Å². The molecule has 0 aliphatic carbocycles. The summed E-state index contributed by atoms with van der Waals surface area (Å²) in [6.07, 6.45) is 1.34. The lowest BCUT2D eigenvalue weighted by atomic mass is 10.2. The number of nitrogens with zero attached hydrogens (tertiary/aromatic N) is 1. The molecule has 0 unspecified atom stereocenters. The second-order valence-electron chi connectivity index (χ2n) is 3.36. The Bertz CT molecular complexity index is 206. The summed E-state index contributed by atoms with van der Waals surface area (Å²) in [5.41, 5.74) is 0. The standard InChI is InChI=1S/C9H15Cl2NO/c1-2-7(13)5-12-4-3-8(10)9(11)6-12/h7,13H,2-6H2,1H3/t7-/m1/s1. The lowest BCUT2D eigenvalue weighted by molar-refractivity contribution is 0.113. The molecule has 0 saturated carbocycles. The van der Waals surface area contributed by atoms with Crippen LogP contribution < -0.4 is 0 Å². The molecule has 1 heterocycles. The SMILES string of the molecule is CC[C@@H](O)CN1CCC(Cl)=C(Cl)C1. The van der Waals surface area contributed by atoms with Crippen molar-refractivity contribution in [3.05, 3.63) is 10.1 Å². The van der Waals surface area contributed by atoms with Crippen molar-refractivity contribution in [3.8, 4) is 0 Å². The van der Waals surface area contributed by atoms with Crippen molar-refractivity contribution < 1.29 is 5.11 Å². The zero-order valence-electron chi connectivity index (χ0n) is 7.76. The summed E-state index contributed by atoms with van der Waals surface area (Å²) >= 11 is 11.8. The molecule has 0 aromatic heterocycles. The van der Waals surface area contributed by atoms with Crippen molar-refractivity contribution in [3.63, 3.8) is 0 Å². The van der Waals surface area contributed by atoms with Crippen molar-refractivity contribution >= 4 is 23.2 Å². The fraction of sp³-hybridized carbons (Fsp3) is 0.778. The first kappa shape index (κ1) is 11.3. The maximum Gasteiger partial charge on any atom is 0.0664 e. The lowest BCUT2D eigenvalue weighted by Gasteiger charge is -2.28. The highest BCUT2D eigenvalue weighted by Gasteiger charge is 2.17. The number of β-amino-alcohol motifs (C(OH)–C–C–N with tert-alkyl or cyclic N) is 1. The zero-order valence-corrected chi connectivity index (χ0v) is 9.28. The molecular formula is C9H15Cl2NO. The van der Waals surface area contributed by atoms with Crippen LogP contribution in [0.15, 0.2) is 10.1 Å². The van der Waals surface area contributed by atoms with Gasteiger partial charge in [-0.3, -0.25) is 4.90 Å². The van der Waals surface area contributed by atoms with Crippen LogP contribution in [0.3, 0.4) is 0 Å². The van der Waals surface area contributed by atoms with E-state index in [4.69, 9.17) is 23.2 Å². The topological polar surface area (TPSA) is 23.5 Å². The molecule has 1 aliphatic heterocycles. The minimum atomic E-state index is -0.249. The Hall–Kier alpha value is 0.240. The monoisotopic (exact) mass is 223 g/mol. The minimum Gasteiger partial charge on any atom is -0.392 e. The number of rotatable bonds is 3. The Morgan fingerprint density at radius 3 is 2.69 bits per heavy atom. The maximum absolute atomic E-state index is 9.43. The second kappa shape index (κ2) is 5.20. The summed E-state index contributed by atoms with van der Waals surface area (Å²) in [4.78, 5) is 2.13. The third-order valence-electron chi connectivity index (χ3n) is 2.24. The maximum atomic E-state index is 9.43. The van der Waals surface area contributed by atoms with Gasteiger partial charge in [0.25, 0.3) is 0 Å². The van der Waals surface area contributed by atoms with E-state index in [1.165, 1.54) is 0 Å². The van der Waals surface area contributed by atoms with Gasteiger partial charge >= 0.3 is 0 Å². The van der Waals surface area contributed by atoms with Gasteiger partial charge in [0.15, 0.2) is 0 Å². The predicted molar refractivity (Wildman–Crippen MR) is 56.1 cm³/mol. The smallest absolute Gasteiger partial charge is 0.0664 e. The number of aliphatic hydroxyl groups excluding tert-OH is 1. The molecular weight excluding hydrogens is 209 g/mol. The van der Waals surface area contributed by atoms with Gasteiger partial charge in [0.1, 0.15) is 0 Å². The largest absolute Gasteiger partial charge is 0.392 e. The first-order valence-corrected chi connectivity index (χ1v) is 5.32. The summed E-state index contributed by atoms with van der Waals surface area (Å²) in [7, 11) is 0. The van der Waals surface area contributed by atoms with E-state index in [1.807, 2.05) is 6.92 Å². The minimum absolute atomic E-state index is 0.249. The van der Waals surface area contributed by atoms with Gasteiger partial charge in [0, 0.05) is 29.7 Å². The van der Waals surface area contributed by atoms with Gasteiger partial charge < -0.3 is 5.11 Å². The van der Waals surface area contributed by atoms with Gasteiger partial charge in [-0.15, -0.1) is 0 Å². The highest BCUT2D eigenvalue weighted by molar-refractivity contribution is 6.39. The van der Waals surface area contributed by atoms with Crippen LogP contribution in [-0.2, 0) is 0 Å². The fourth-order valence-electron chi connectivity index (χ4n) is 1.34. The number of hydrogen-bond donors (Lipinski definition) is 1. The molecule has 0 amide bonds. The number of halogens is 2. The molecule has 0 radical (unpaired) electrons. The van der Waals surface area contributed by atoms with Gasteiger partial charge in [-0.1, -0.05) is 30.1 Å². The van der Waals surface area contributed by atoms with Crippen molar-refractivity contribution in [2.24, 2.45) is 0 Å². The molecule has 2 nitrogen and oxygen atoms in total. The van der Waals surface area contributed by atoms with E-state index < -0.39 is 0 Å². The Balaban J connectivity index is 2.40. The Labute approximate surface area is 89.1 Å². The van der Waals surface area contributed by atoms with E-state index in [9.17, 15) is 5.11 Å². The molecule has 1 rings (SSSR count). The molecule has 13 heavy (non-hydrogen) atoms. The average Bonchev–Trinajstić information content (AvgIpc) is 2.11. The van der Waals surface area contributed by atoms with Crippen LogP contribution in [0.1, 0.15) is 19.8 Å². The van der Waals surface area contributed by atoms with Crippen LogP contribution in [0.25, 0.3) is 0 Å². The van der Waals surface area contributed by atoms with Gasteiger partial charge in [0.05, 0.1) is 6.10 Å². The van der Waals surface area contributed by atoms with E-state index in [-0.39, 0.29) is 6.10 Å². The molecule has 0 aromatic carbocycles. The van der Waals surface area contributed by atoms with Crippen molar-refractivity contribution in [2.45, 2.75) is 25.9 Å². The molecule has 0 fully saturated rings. The van der Waals surface area contributed by atoms with Gasteiger partial charge in [0.2, 0.25) is 0 Å². The van der Waals surface area contributed by atoms with Gasteiger partial charge in [-0.2, -0.15) is 0 Å². The first-order valence-electron chi connectivity index (χ1n) is 4.57. The molecule has 1 N–H and O–H groups in total. The van der Waals surface area contributed by atoms with Crippen molar-refractivity contribution in [2.75, 3.05) is 19.6 Å². The molecule has 0 saturated heterocycles. The van der Waals surface area contributed by atoms with E-state index in [0.717, 1.165) is 29.5 Å². The Morgan fingerprint density at radius 1 is 1.46 bits per heavy atom. The molecule has 76 valence electrons. The fourth-order valence-corrected chi connectivity index (χ4v) is 1.74. The Morgan fingerprint density at radius 2 is 2.15 bits per heavy atom. The normalized spacial score (nSPS) is 22.2. The van der Waals surface area contributed by atoms with Gasteiger partial charge in [-0.05, 0) is 12.8 Å². The molecule has 0 aromatic rings. The molecule has 4 heteroatoms. The lowest BCUT2D eigenvalue weighted by Crippen LogP contribution is -2.36. The van der Waals surface area contributed by atoms with Crippen LogP contribution in [0, 0.1) is 0 Å². The molecule has 0 spiro atoms. The summed E-state index contributed by atoms with van der Waals surface area (Å²) in [5, 5.41) is 10.9. The zero-order chi connectivity index (χ0) is 9.84. The summed E-state index contributed by atoms with van der Waals surface area (Å²) in [6, 6.07) is 0. The molecule has 1 aliphatic rings. The van der Waals surface area contributed by atoms with E-state index in [1.54, 1.807) is 0 Å². The average molecular weight is 224 g/mol. The van der Waals surface area contributed by atoms with Crippen LogP contribution in [0.5, 0.6) is 0 Å². The quantitative estimate of drug-likeness (QED) is 0.793. The number of hydrogen-bond acceptors (Lipinski definition) is 2. The van der Waals surface area contributed by atoms with Gasteiger partial charge in [-0.25, -0.2) is 0 Å². The summed E-state index contributed by atoms with van der Waals surface area (Å²) in [5.74, 6) is 0. The second-order valence-corrected chi connectivity index (χ2v) is 4.27. The highest BCUT2D eigenvalue weighted by Crippen LogP contribution is 2.23. The highest BCUT2D eigenvalue weighted by atomic mass is 35.5. The number of aliphatic hydroxyl groups is 1. The van der Waals surface area contributed by atoms with Crippen molar-refractivity contribution in [1.82, 2.24) is 4.90 Å². The van der Waals surface area contributed by atoms with Crippen LogP contribution >= 0.6 is 23.2 Å². The van der Waals surface area contributed by atoms with E-state index >= 15 is 0 Å². The molecule has 0 bridgehead atoms. The Kier molecular flexibility index (Phi) is 4.53. The predicted octanol–water partition coefficient (Wildman–Crippen LogP) is 2.15. The summed E-state index contributed by atoms with van der Waals surface area (Å²) in [6.45, 7) is 4.24. The first-order chi connectivity index (χ1) is 6.13. The van der Waals surface area contributed by atoms with Crippen molar-refractivity contribution in [1.29, 1.82) is 0 Å². The van der Waals surface area contributed by atoms with E-state index in [0.29, 0.717) is 13.1 Å². The van der Waals surface area contributed by atoms with Crippen LogP contribution in [0.2, 0.25) is 0 Å². The third kappa shape index (κ3) is 3.47. The molecule has 1 atom stereocenters. The van der Waals surface area contributed by atoms with E-state index in [2.05, 4.69) is 4.90 Å².